The van der Waals surface area contributed by atoms with Crippen molar-refractivity contribution in [3.63, 3.8) is 0 Å². The maximum atomic E-state index is 13.0. The second-order valence-electron chi connectivity index (χ2n) is 7.51. The van der Waals surface area contributed by atoms with Crippen LogP contribution in [-0.4, -0.2) is 38.7 Å². The highest BCUT2D eigenvalue weighted by Crippen LogP contribution is 2.27. The lowest BCUT2D eigenvalue weighted by Gasteiger charge is -2.32. The largest absolute Gasteiger partial charge is 0.342 e. The van der Waals surface area contributed by atoms with Gasteiger partial charge in [-0.15, -0.1) is 0 Å². The monoisotopic (exact) mass is 421 g/mol. The van der Waals surface area contributed by atoms with Gasteiger partial charge in [-0.3, -0.25) is 14.2 Å². The zero-order valence-corrected chi connectivity index (χ0v) is 18.4. The number of amides is 1. The van der Waals surface area contributed by atoms with Crippen LogP contribution >= 0.6 is 23.4 Å². The molecule has 1 heterocycles. The lowest BCUT2D eigenvalue weighted by atomic mass is 9.94. The molecule has 7 heteroatoms. The Morgan fingerprint density at radius 1 is 1.36 bits per heavy atom. The fourth-order valence-corrected chi connectivity index (χ4v) is 5.03. The number of thioether (sulfide) groups is 1. The minimum Gasteiger partial charge on any atom is -0.342 e. The van der Waals surface area contributed by atoms with Gasteiger partial charge in [-0.05, 0) is 44.4 Å². The van der Waals surface area contributed by atoms with E-state index in [1.54, 1.807) is 22.8 Å². The van der Waals surface area contributed by atoms with Crippen molar-refractivity contribution in [1.82, 2.24) is 14.5 Å². The van der Waals surface area contributed by atoms with Crippen molar-refractivity contribution < 1.29 is 4.79 Å². The minimum absolute atomic E-state index is 0.0775. The zero-order chi connectivity index (χ0) is 20.3. The van der Waals surface area contributed by atoms with Gasteiger partial charge >= 0.3 is 0 Å². The molecule has 3 rings (SSSR count). The molecule has 0 bridgehead atoms. The fourth-order valence-electron chi connectivity index (χ4n) is 3.83. The molecule has 5 nitrogen and oxygen atoms in total. The first-order valence-electron chi connectivity index (χ1n) is 10.1. The summed E-state index contributed by atoms with van der Waals surface area (Å²) in [5, 5.41) is 1.38. The first-order valence-corrected chi connectivity index (χ1v) is 11.3. The number of hydrogen-bond donors (Lipinski definition) is 0. The van der Waals surface area contributed by atoms with Crippen LogP contribution in [0.3, 0.4) is 0 Å². The van der Waals surface area contributed by atoms with Crippen molar-refractivity contribution >= 4 is 40.2 Å². The van der Waals surface area contributed by atoms with E-state index in [0.29, 0.717) is 33.7 Å². The van der Waals surface area contributed by atoms with Crippen molar-refractivity contribution in [3.05, 3.63) is 33.6 Å². The molecule has 0 spiro atoms. The Morgan fingerprint density at radius 3 is 2.75 bits per heavy atom. The first kappa shape index (κ1) is 21.2. The quantitative estimate of drug-likeness (QED) is 0.499. The number of carbonyl (C=O) groups is 1. The summed E-state index contributed by atoms with van der Waals surface area (Å²) in [6.45, 7) is 4.50. The lowest BCUT2D eigenvalue weighted by Crippen LogP contribution is -2.42. The molecule has 1 atom stereocenters. The van der Waals surface area contributed by atoms with E-state index in [1.165, 1.54) is 31.0 Å². The fraction of sp³-hybridized carbons (Fsp3) is 0.571. The number of benzene rings is 1. The molecule has 1 aromatic carbocycles. The molecular weight excluding hydrogens is 394 g/mol. The number of nitrogens with zero attached hydrogens (tertiary/aromatic N) is 3. The van der Waals surface area contributed by atoms with E-state index in [0.717, 1.165) is 19.3 Å². The van der Waals surface area contributed by atoms with Crippen LogP contribution in [0.1, 0.15) is 52.4 Å². The molecule has 0 aliphatic heterocycles. The number of hydrogen-bond acceptors (Lipinski definition) is 4. The van der Waals surface area contributed by atoms with Crippen molar-refractivity contribution in [1.29, 1.82) is 0 Å². The van der Waals surface area contributed by atoms with Gasteiger partial charge in [0.2, 0.25) is 5.91 Å². The molecule has 28 heavy (non-hydrogen) atoms. The summed E-state index contributed by atoms with van der Waals surface area (Å²) in [5.41, 5.74) is 0.499. The molecule has 1 fully saturated rings. The van der Waals surface area contributed by atoms with E-state index >= 15 is 0 Å². The number of carbonyl (C=O) groups excluding carboxylic acids is 1. The van der Waals surface area contributed by atoms with E-state index in [4.69, 9.17) is 11.6 Å². The van der Waals surface area contributed by atoms with Gasteiger partial charge in [-0.2, -0.15) is 0 Å². The Labute approximate surface area is 175 Å². The van der Waals surface area contributed by atoms with E-state index in [2.05, 4.69) is 4.98 Å². The van der Waals surface area contributed by atoms with Crippen LogP contribution in [0.25, 0.3) is 10.9 Å². The van der Waals surface area contributed by atoms with Crippen LogP contribution in [0, 0.1) is 0 Å². The Bertz CT molecular complexity index is 908. The summed E-state index contributed by atoms with van der Waals surface area (Å²) < 4.78 is 1.69. The van der Waals surface area contributed by atoms with Crippen molar-refractivity contribution in [2.45, 2.75) is 75.4 Å². The summed E-state index contributed by atoms with van der Waals surface area (Å²) in [5.74, 6) is 0.0976. The highest BCUT2D eigenvalue weighted by atomic mass is 35.5. The topological polar surface area (TPSA) is 55.2 Å². The Balaban J connectivity index is 1.88. The number of rotatable bonds is 6. The summed E-state index contributed by atoms with van der Waals surface area (Å²) in [6, 6.07) is 5.46. The first-order chi connectivity index (χ1) is 13.4. The molecule has 1 saturated carbocycles. The Morgan fingerprint density at radius 2 is 2.07 bits per heavy atom. The molecular formula is C21H28ClN3O2S. The average Bonchev–Trinajstić information content (AvgIpc) is 2.70. The molecule has 1 unspecified atom stereocenters. The zero-order valence-electron chi connectivity index (χ0n) is 16.8. The van der Waals surface area contributed by atoms with Crippen molar-refractivity contribution in [3.8, 4) is 0 Å². The second-order valence-corrected chi connectivity index (χ2v) is 9.26. The highest BCUT2D eigenvalue weighted by molar-refractivity contribution is 8.00. The summed E-state index contributed by atoms with van der Waals surface area (Å²) in [6.07, 6.45) is 6.60. The molecule has 1 aliphatic carbocycles. The Kier molecular flexibility index (Phi) is 7.05. The molecule has 0 radical (unpaired) electrons. The number of halogens is 1. The number of aromatic nitrogens is 2. The van der Waals surface area contributed by atoms with E-state index in [1.807, 2.05) is 25.8 Å². The molecule has 2 aromatic rings. The third-order valence-corrected chi connectivity index (χ3v) is 6.74. The van der Waals surface area contributed by atoms with Crippen molar-refractivity contribution in [2.24, 2.45) is 0 Å². The lowest BCUT2D eigenvalue weighted by molar-refractivity contribution is -0.131. The normalized spacial score (nSPS) is 16.3. The van der Waals surface area contributed by atoms with Crippen molar-refractivity contribution in [2.75, 3.05) is 7.05 Å². The standard InChI is InChI=1S/C21H28ClN3O2S/c1-4-12-25-20(27)17-11-10-15(22)13-18(17)23-21(25)28-14(2)19(26)24(3)16-8-6-5-7-9-16/h10-11,13-14,16H,4-9,12H2,1-3H3. The van der Waals surface area contributed by atoms with Gasteiger partial charge in [0.1, 0.15) is 0 Å². The van der Waals surface area contributed by atoms with E-state index in [9.17, 15) is 9.59 Å². The van der Waals surface area contributed by atoms with Gasteiger partial charge in [0.05, 0.1) is 16.2 Å². The third kappa shape index (κ3) is 4.54. The summed E-state index contributed by atoms with van der Waals surface area (Å²) in [7, 11) is 1.90. The van der Waals surface area contributed by atoms with Crippen LogP contribution in [-0.2, 0) is 11.3 Å². The van der Waals surface area contributed by atoms with Gasteiger partial charge in [0.25, 0.3) is 5.56 Å². The van der Waals surface area contributed by atoms with Gasteiger partial charge in [0, 0.05) is 24.7 Å². The molecule has 152 valence electrons. The molecule has 1 aliphatic rings. The van der Waals surface area contributed by atoms with Crippen LogP contribution in [0.15, 0.2) is 28.2 Å². The molecule has 0 N–H and O–H groups in total. The Hall–Kier alpha value is -1.53. The highest BCUT2D eigenvalue weighted by Gasteiger charge is 2.27. The van der Waals surface area contributed by atoms with Gasteiger partial charge in [-0.25, -0.2) is 4.98 Å². The van der Waals surface area contributed by atoms with Crippen LogP contribution in [0.2, 0.25) is 5.02 Å². The smallest absolute Gasteiger partial charge is 0.262 e. The average molecular weight is 422 g/mol. The van der Waals surface area contributed by atoms with Crippen LogP contribution in [0.5, 0.6) is 0 Å². The van der Waals surface area contributed by atoms with Crippen LogP contribution < -0.4 is 5.56 Å². The van der Waals surface area contributed by atoms with E-state index < -0.39 is 0 Å². The number of fused-ring (bicyclic) bond motifs is 1. The summed E-state index contributed by atoms with van der Waals surface area (Å²) in [4.78, 5) is 32.5. The van der Waals surface area contributed by atoms with Gasteiger partial charge < -0.3 is 4.90 Å². The molecule has 0 saturated heterocycles. The van der Waals surface area contributed by atoms with Gasteiger partial charge in [-0.1, -0.05) is 49.5 Å². The van der Waals surface area contributed by atoms with Crippen LogP contribution in [0.4, 0.5) is 0 Å². The molecule has 1 amide bonds. The van der Waals surface area contributed by atoms with E-state index in [-0.39, 0.29) is 16.7 Å². The minimum atomic E-state index is -0.307. The summed E-state index contributed by atoms with van der Waals surface area (Å²) >= 11 is 7.45. The molecule has 1 aromatic heterocycles. The third-order valence-electron chi connectivity index (χ3n) is 5.43. The van der Waals surface area contributed by atoms with Gasteiger partial charge in [0.15, 0.2) is 5.16 Å². The maximum absolute atomic E-state index is 13.0. The predicted octanol–water partition coefficient (Wildman–Crippen LogP) is 4.73. The predicted molar refractivity (Wildman–Crippen MR) is 116 cm³/mol. The second kappa shape index (κ2) is 9.31. The maximum Gasteiger partial charge on any atom is 0.262 e. The SMILES string of the molecule is CCCn1c(SC(C)C(=O)N(C)C2CCCCC2)nc2cc(Cl)ccc2c1=O.